The molecule has 1 radical (unpaired) electrons. The van der Waals surface area contributed by atoms with Gasteiger partial charge in [-0.2, -0.15) is 13.2 Å². The SMILES string of the molecule is CCC(CC)C(=O)/C=C(\O)C(CC)CC.FC(F)(F)c1cccc2c(-c3[c-]n4c5ccccc5c5cccc3c54)ncnc12.[Ir]. The number of hydrogen-bond donors (Lipinski definition) is 1. The summed E-state index contributed by atoms with van der Waals surface area (Å²) >= 11 is 0. The van der Waals surface area contributed by atoms with Crippen molar-refractivity contribution in [1.82, 2.24) is 14.4 Å². The fraction of sp³-hybridized carbons (Fsp3) is 0.306. The van der Waals surface area contributed by atoms with Gasteiger partial charge in [-0.15, -0.1) is 0 Å². The molecule has 0 unspecified atom stereocenters. The van der Waals surface area contributed by atoms with E-state index in [1.54, 1.807) is 6.07 Å². The van der Waals surface area contributed by atoms with Crippen molar-refractivity contribution in [2.75, 3.05) is 0 Å². The van der Waals surface area contributed by atoms with Crippen molar-refractivity contribution in [3.8, 4) is 11.3 Å². The van der Waals surface area contributed by atoms with E-state index in [4.69, 9.17) is 0 Å². The Morgan fingerprint density at radius 3 is 2.11 bits per heavy atom. The maximum absolute atomic E-state index is 13.5. The first-order valence-corrected chi connectivity index (χ1v) is 15.1. The summed E-state index contributed by atoms with van der Waals surface area (Å²) in [5.74, 6) is 0.547. The monoisotopic (exact) mass is 791 g/mol. The second-order valence-electron chi connectivity index (χ2n) is 11.0. The number of aliphatic hydroxyl groups excluding tert-OH is 1. The second kappa shape index (κ2) is 14.1. The topological polar surface area (TPSA) is 67.5 Å². The van der Waals surface area contributed by atoms with Crippen LogP contribution < -0.4 is 0 Å². The van der Waals surface area contributed by atoms with Gasteiger partial charge in [-0.25, -0.2) is 4.98 Å². The number of hydrogen-bond acceptors (Lipinski definition) is 4. The molecule has 3 heterocycles. The van der Waals surface area contributed by atoms with Crippen LogP contribution in [0, 0.1) is 18.0 Å². The number of aliphatic hydroxyl groups is 1. The molecule has 3 aromatic heterocycles. The van der Waals surface area contributed by atoms with Crippen LogP contribution in [0.1, 0.15) is 58.9 Å². The number of carbonyl (C=O) groups excluding carboxylic acids is 1. The Bertz CT molecular complexity index is 1960. The van der Waals surface area contributed by atoms with E-state index in [0.29, 0.717) is 16.6 Å². The van der Waals surface area contributed by atoms with Gasteiger partial charge in [-0.05, 0) is 65.1 Å². The van der Waals surface area contributed by atoms with Crippen molar-refractivity contribution in [2.24, 2.45) is 11.8 Å². The molecule has 6 aromatic rings. The van der Waals surface area contributed by atoms with E-state index in [2.05, 4.69) is 22.2 Å². The van der Waals surface area contributed by atoms with E-state index in [0.717, 1.165) is 58.9 Å². The summed E-state index contributed by atoms with van der Waals surface area (Å²) in [6.45, 7) is 8.07. The number of nitrogens with zero attached hydrogens (tertiary/aromatic N) is 3. The van der Waals surface area contributed by atoms with Crippen LogP contribution in [0.4, 0.5) is 13.2 Å². The molecule has 0 aliphatic carbocycles. The Labute approximate surface area is 273 Å². The zero-order chi connectivity index (χ0) is 31.6. The number of para-hydroxylation sites is 3. The van der Waals surface area contributed by atoms with Crippen molar-refractivity contribution in [2.45, 2.75) is 59.6 Å². The standard InChI is InChI=1S/C23H11F3N3.C13H24O2.Ir/c24-23(25,26)18-9-4-8-16-20(27-12-28-21(16)18)17-11-29-19-10-2-1-5-13(19)14-6-3-7-15(17)22(14)29;1-5-10(6-2)12(14)9-13(15)11(7-3)8-4;/h1-10,12H;9-11,14H,5-8H2,1-4H3;/q-1;;/b;12-9-;. The fourth-order valence-electron chi connectivity index (χ4n) is 5.98. The van der Waals surface area contributed by atoms with Crippen molar-refractivity contribution in [1.29, 1.82) is 0 Å². The molecule has 0 atom stereocenters. The first kappa shape index (κ1) is 34.1. The third-order valence-corrected chi connectivity index (χ3v) is 8.48. The van der Waals surface area contributed by atoms with Gasteiger partial charge in [0.2, 0.25) is 0 Å². The molecular weight excluding hydrogens is 756 g/mol. The zero-order valence-electron chi connectivity index (χ0n) is 25.6. The molecule has 0 amide bonds. The van der Waals surface area contributed by atoms with Gasteiger partial charge in [0.1, 0.15) is 6.33 Å². The van der Waals surface area contributed by atoms with Crippen molar-refractivity contribution in [3.05, 3.63) is 90.6 Å². The first-order chi connectivity index (χ1) is 21.1. The Morgan fingerprint density at radius 1 is 0.844 bits per heavy atom. The Hall–Kier alpha value is -3.81. The summed E-state index contributed by atoms with van der Waals surface area (Å²) in [5, 5.41) is 13.2. The van der Waals surface area contributed by atoms with Crippen LogP contribution in [0.2, 0.25) is 0 Å². The summed E-state index contributed by atoms with van der Waals surface area (Å²) in [7, 11) is 0. The molecule has 0 aliphatic heterocycles. The van der Waals surface area contributed by atoms with Gasteiger partial charge in [0.15, 0.2) is 5.78 Å². The minimum Gasteiger partial charge on any atom is -0.512 e. The number of aromatic nitrogens is 3. The number of fused-ring (bicyclic) bond motifs is 4. The fourth-order valence-corrected chi connectivity index (χ4v) is 5.98. The number of alkyl halides is 3. The molecule has 0 fully saturated rings. The smallest absolute Gasteiger partial charge is 0.418 e. The minimum atomic E-state index is -4.49. The molecule has 45 heavy (non-hydrogen) atoms. The molecule has 5 nitrogen and oxygen atoms in total. The molecule has 0 saturated heterocycles. The van der Waals surface area contributed by atoms with E-state index >= 15 is 0 Å². The Morgan fingerprint density at radius 2 is 1.44 bits per heavy atom. The van der Waals surface area contributed by atoms with Gasteiger partial charge < -0.3 is 9.51 Å². The molecule has 0 aliphatic rings. The summed E-state index contributed by atoms with van der Waals surface area (Å²) in [4.78, 5) is 20.0. The predicted octanol–water partition coefficient (Wildman–Crippen LogP) is 9.98. The van der Waals surface area contributed by atoms with E-state index in [1.807, 2.05) is 68.5 Å². The minimum absolute atomic E-state index is 0. The molecule has 9 heteroatoms. The van der Waals surface area contributed by atoms with E-state index < -0.39 is 11.7 Å². The first-order valence-electron chi connectivity index (χ1n) is 15.1. The molecule has 1 N–H and O–H groups in total. The molecule has 0 bridgehead atoms. The Balaban J connectivity index is 0.000000249. The van der Waals surface area contributed by atoms with Crippen molar-refractivity contribution < 1.29 is 43.2 Å². The van der Waals surface area contributed by atoms with Crippen LogP contribution in [0.25, 0.3) is 49.4 Å². The molecule has 6 rings (SSSR count). The van der Waals surface area contributed by atoms with E-state index in [9.17, 15) is 23.1 Å². The van der Waals surface area contributed by atoms with Gasteiger partial charge in [0, 0.05) is 43.7 Å². The summed E-state index contributed by atoms with van der Waals surface area (Å²) < 4.78 is 42.4. The third-order valence-electron chi connectivity index (χ3n) is 8.48. The van der Waals surface area contributed by atoms with E-state index in [1.165, 1.54) is 18.5 Å². The number of ketones is 1. The van der Waals surface area contributed by atoms with Crippen LogP contribution in [0.15, 0.2) is 78.8 Å². The van der Waals surface area contributed by atoms with Crippen molar-refractivity contribution >= 4 is 43.9 Å². The van der Waals surface area contributed by atoms with Crippen LogP contribution in [0.3, 0.4) is 0 Å². The van der Waals surface area contributed by atoms with Crippen molar-refractivity contribution in [3.63, 3.8) is 0 Å². The van der Waals surface area contributed by atoms with E-state index in [-0.39, 0.29) is 49.0 Å². The second-order valence-corrected chi connectivity index (χ2v) is 11.0. The van der Waals surface area contributed by atoms with Crippen LogP contribution in [-0.2, 0) is 31.1 Å². The maximum Gasteiger partial charge on any atom is 0.418 e. The number of rotatable bonds is 8. The van der Waals surface area contributed by atoms with Crippen LogP contribution >= 0.6 is 0 Å². The maximum atomic E-state index is 13.5. The summed E-state index contributed by atoms with van der Waals surface area (Å²) in [6, 6.07) is 18.0. The molecule has 0 spiro atoms. The zero-order valence-corrected chi connectivity index (χ0v) is 28.0. The number of carbonyl (C=O) groups is 1. The molecule has 0 saturated carbocycles. The quantitative estimate of drug-likeness (QED) is 0.0948. The summed E-state index contributed by atoms with van der Waals surface area (Å²) in [5.41, 5.74) is 2.24. The van der Waals surface area contributed by atoms with Crippen LogP contribution in [0.5, 0.6) is 0 Å². The van der Waals surface area contributed by atoms with Crippen LogP contribution in [-0.4, -0.2) is 25.3 Å². The van der Waals surface area contributed by atoms with Gasteiger partial charge in [-0.1, -0.05) is 93.2 Å². The van der Waals surface area contributed by atoms with Gasteiger partial charge in [0.25, 0.3) is 0 Å². The molecule has 237 valence electrons. The largest absolute Gasteiger partial charge is 0.512 e. The number of benzene rings is 3. The molecular formula is C36H35F3IrN3O2-. The summed E-state index contributed by atoms with van der Waals surface area (Å²) in [6.07, 6.45) is 4.97. The normalized spacial score (nSPS) is 12.3. The average molecular weight is 791 g/mol. The van der Waals surface area contributed by atoms with Gasteiger partial charge in [0.05, 0.1) is 16.8 Å². The van der Waals surface area contributed by atoms with Gasteiger partial charge in [-0.3, -0.25) is 9.78 Å². The Kier molecular flexibility index (Phi) is 10.7. The van der Waals surface area contributed by atoms with Gasteiger partial charge >= 0.3 is 6.18 Å². The molecule has 3 aromatic carbocycles. The predicted molar refractivity (Wildman–Crippen MR) is 170 cm³/mol. The average Bonchev–Trinajstić information content (AvgIpc) is 3.56. The third kappa shape index (κ3) is 6.47. The number of halogens is 3. The number of allylic oxidation sites excluding steroid dienone is 2.